The van der Waals surface area contributed by atoms with Crippen molar-refractivity contribution < 1.29 is 14.3 Å². The van der Waals surface area contributed by atoms with Gasteiger partial charge in [-0.3, -0.25) is 4.79 Å². The van der Waals surface area contributed by atoms with Gasteiger partial charge in [-0.2, -0.15) is 0 Å². The van der Waals surface area contributed by atoms with Crippen molar-refractivity contribution in [2.75, 3.05) is 24.7 Å². The number of fused-ring (bicyclic) bond motifs is 2. The second kappa shape index (κ2) is 8.84. The molecule has 0 spiro atoms. The van der Waals surface area contributed by atoms with Gasteiger partial charge in [-0.15, -0.1) is 0 Å². The summed E-state index contributed by atoms with van der Waals surface area (Å²) in [5.41, 5.74) is 3.55. The van der Waals surface area contributed by atoms with Crippen LogP contribution in [0.3, 0.4) is 0 Å². The first-order valence-corrected chi connectivity index (χ1v) is 11.0. The van der Waals surface area contributed by atoms with Gasteiger partial charge < -0.3 is 14.4 Å². The molecule has 3 aromatic rings. The van der Waals surface area contributed by atoms with Crippen LogP contribution in [0, 0.1) is 5.92 Å². The number of carbonyl (C=O) groups excluding carboxylic acids is 1. The average molecular weight is 416 g/mol. The standard InChI is InChI=1S/C27H29NO3/c1-5-30-20-13-11-19-12-14-26(31-6-2)23(22(19)15-20)16-24-21-9-7-8-10-25(21)28(27(24)29)17-18(3)4/h7-16,18H,5-6,17H2,1-4H3/b24-16-. The van der Waals surface area contributed by atoms with Crippen LogP contribution in [0.4, 0.5) is 5.69 Å². The third-order valence-electron chi connectivity index (χ3n) is 5.40. The van der Waals surface area contributed by atoms with E-state index >= 15 is 0 Å². The molecule has 0 saturated carbocycles. The highest BCUT2D eigenvalue weighted by molar-refractivity contribution is 6.36. The first-order chi connectivity index (χ1) is 15.0. The number of hydrogen-bond donors (Lipinski definition) is 0. The maximum Gasteiger partial charge on any atom is 0.259 e. The number of ether oxygens (including phenoxy) is 2. The van der Waals surface area contributed by atoms with Gasteiger partial charge in [-0.1, -0.05) is 44.2 Å². The summed E-state index contributed by atoms with van der Waals surface area (Å²) in [6.45, 7) is 10.0. The number of benzene rings is 3. The molecule has 0 aliphatic carbocycles. The predicted octanol–water partition coefficient (Wildman–Crippen LogP) is 6.18. The van der Waals surface area contributed by atoms with E-state index in [0.29, 0.717) is 31.2 Å². The minimum absolute atomic E-state index is 0.0373. The summed E-state index contributed by atoms with van der Waals surface area (Å²) < 4.78 is 11.7. The van der Waals surface area contributed by atoms with E-state index in [1.165, 1.54) is 0 Å². The number of carbonyl (C=O) groups is 1. The predicted molar refractivity (Wildman–Crippen MR) is 128 cm³/mol. The Morgan fingerprint density at radius 3 is 2.45 bits per heavy atom. The topological polar surface area (TPSA) is 38.8 Å². The van der Waals surface area contributed by atoms with Crippen LogP contribution in [0.2, 0.25) is 0 Å². The molecule has 0 unspecified atom stereocenters. The molecule has 160 valence electrons. The molecule has 4 nitrogen and oxygen atoms in total. The first kappa shape index (κ1) is 21.0. The van der Waals surface area contributed by atoms with Crippen LogP contribution < -0.4 is 14.4 Å². The van der Waals surface area contributed by atoms with Gasteiger partial charge in [0.05, 0.1) is 18.9 Å². The Kier molecular flexibility index (Phi) is 5.99. The van der Waals surface area contributed by atoms with Gasteiger partial charge in [0.25, 0.3) is 5.91 Å². The van der Waals surface area contributed by atoms with Crippen LogP contribution in [0.5, 0.6) is 11.5 Å². The smallest absolute Gasteiger partial charge is 0.259 e. The van der Waals surface area contributed by atoms with Crippen molar-refractivity contribution in [2.45, 2.75) is 27.7 Å². The second-order valence-electron chi connectivity index (χ2n) is 8.11. The number of amides is 1. The van der Waals surface area contributed by atoms with E-state index in [-0.39, 0.29) is 5.91 Å². The molecule has 0 radical (unpaired) electrons. The fourth-order valence-corrected chi connectivity index (χ4v) is 4.13. The van der Waals surface area contributed by atoms with E-state index < -0.39 is 0 Å². The Morgan fingerprint density at radius 2 is 1.71 bits per heavy atom. The molecule has 4 rings (SSSR count). The molecule has 1 aliphatic heterocycles. The number of rotatable bonds is 7. The normalized spacial score (nSPS) is 14.5. The maximum atomic E-state index is 13.5. The van der Waals surface area contributed by atoms with E-state index in [4.69, 9.17) is 9.47 Å². The Morgan fingerprint density at radius 1 is 0.968 bits per heavy atom. The fourth-order valence-electron chi connectivity index (χ4n) is 4.13. The molecule has 1 heterocycles. The Balaban J connectivity index is 1.92. The van der Waals surface area contributed by atoms with Gasteiger partial charge in [-0.25, -0.2) is 0 Å². The lowest BCUT2D eigenvalue weighted by molar-refractivity contribution is -0.113. The van der Waals surface area contributed by atoms with E-state index in [0.717, 1.165) is 39.1 Å². The van der Waals surface area contributed by atoms with Crippen molar-refractivity contribution in [1.82, 2.24) is 0 Å². The lowest BCUT2D eigenvalue weighted by atomic mass is 9.98. The third-order valence-corrected chi connectivity index (χ3v) is 5.40. The molecule has 0 N–H and O–H groups in total. The Bertz CT molecular complexity index is 1140. The highest BCUT2D eigenvalue weighted by Crippen LogP contribution is 2.41. The summed E-state index contributed by atoms with van der Waals surface area (Å²) in [4.78, 5) is 15.4. The van der Waals surface area contributed by atoms with Gasteiger partial charge in [0.2, 0.25) is 0 Å². The third kappa shape index (κ3) is 4.02. The second-order valence-corrected chi connectivity index (χ2v) is 8.11. The molecular weight excluding hydrogens is 386 g/mol. The van der Waals surface area contributed by atoms with Crippen molar-refractivity contribution >= 4 is 34.0 Å². The summed E-state index contributed by atoms with van der Waals surface area (Å²) in [6, 6.07) is 18.1. The van der Waals surface area contributed by atoms with Crippen LogP contribution in [-0.2, 0) is 4.79 Å². The molecule has 0 aromatic heterocycles. The summed E-state index contributed by atoms with van der Waals surface area (Å²) in [7, 11) is 0. The highest BCUT2D eigenvalue weighted by atomic mass is 16.5. The number of hydrogen-bond acceptors (Lipinski definition) is 3. The van der Waals surface area contributed by atoms with Crippen molar-refractivity contribution in [3.05, 3.63) is 65.7 Å². The monoisotopic (exact) mass is 415 g/mol. The summed E-state index contributed by atoms with van der Waals surface area (Å²) in [6.07, 6.45) is 1.99. The zero-order valence-corrected chi connectivity index (χ0v) is 18.6. The number of para-hydroxylation sites is 1. The average Bonchev–Trinajstić information content (AvgIpc) is 3.01. The van der Waals surface area contributed by atoms with E-state index in [2.05, 4.69) is 13.8 Å². The molecule has 0 saturated heterocycles. The van der Waals surface area contributed by atoms with Crippen molar-refractivity contribution in [3.63, 3.8) is 0 Å². The van der Waals surface area contributed by atoms with E-state index in [1.807, 2.05) is 79.4 Å². The highest BCUT2D eigenvalue weighted by Gasteiger charge is 2.32. The zero-order valence-electron chi connectivity index (χ0n) is 18.6. The van der Waals surface area contributed by atoms with Crippen molar-refractivity contribution in [1.29, 1.82) is 0 Å². The van der Waals surface area contributed by atoms with Gasteiger partial charge in [-0.05, 0) is 60.9 Å². The lowest BCUT2D eigenvalue weighted by Crippen LogP contribution is -2.30. The maximum absolute atomic E-state index is 13.5. The fraction of sp³-hybridized carbons (Fsp3) is 0.296. The van der Waals surface area contributed by atoms with Crippen LogP contribution in [0.25, 0.3) is 22.4 Å². The van der Waals surface area contributed by atoms with E-state index in [9.17, 15) is 4.79 Å². The van der Waals surface area contributed by atoms with Gasteiger partial charge in [0.15, 0.2) is 0 Å². The summed E-state index contributed by atoms with van der Waals surface area (Å²) in [5, 5.41) is 2.09. The summed E-state index contributed by atoms with van der Waals surface area (Å²) in [5.74, 6) is 1.99. The molecule has 4 heteroatoms. The van der Waals surface area contributed by atoms with Crippen LogP contribution in [0.15, 0.2) is 54.6 Å². The van der Waals surface area contributed by atoms with Gasteiger partial charge in [0, 0.05) is 23.2 Å². The molecule has 1 amide bonds. The molecule has 3 aromatic carbocycles. The SMILES string of the molecule is CCOc1ccc2ccc(OCC)c(/C=C3\C(=O)N(CC(C)C)c4ccccc43)c2c1. The minimum Gasteiger partial charge on any atom is -0.494 e. The largest absolute Gasteiger partial charge is 0.494 e. The molecule has 0 fully saturated rings. The Hall–Kier alpha value is -3.27. The quantitative estimate of drug-likeness (QED) is 0.433. The number of nitrogens with zero attached hydrogens (tertiary/aromatic N) is 1. The van der Waals surface area contributed by atoms with E-state index in [1.54, 1.807) is 0 Å². The molecule has 1 aliphatic rings. The summed E-state index contributed by atoms with van der Waals surface area (Å²) >= 11 is 0. The first-order valence-electron chi connectivity index (χ1n) is 11.0. The zero-order chi connectivity index (χ0) is 22.0. The minimum atomic E-state index is 0.0373. The van der Waals surface area contributed by atoms with Crippen molar-refractivity contribution in [2.24, 2.45) is 5.92 Å². The van der Waals surface area contributed by atoms with Gasteiger partial charge >= 0.3 is 0 Å². The molecule has 31 heavy (non-hydrogen) atoms. The molecular formula is C27H29NO3. The number of anilines is 1. The van der Waals surface area contributed by atoms with Crippen LogP contribution >= 0.6 is 0 Å². The molecule has 0 bridgehead atoms. The van der Waals surface area contributed by atoms with Crippen LogP contribution in [0.1, 0.15) is 38.8 Å². The van der Waals surface area contributed by atoms with Gasteiger partial charge in [0.1, 0.15) is 11.5 Å². The molecule has 0 atom stereocenters. The van der Waals surface area contributed by atoms with Crippen molar-refractivity contribution in [3.8, 4) is 11.5 Å². The van der Waals surface area contributed by atoms with Crippen LogP contribution in [-0.4, -0.2) is 25.7 Å². The Labute approximate surface area is 184 Å². The lowest BCUT2D eigenvalue weighted by Gasteiger charge is -2.19.